The SMILES string of the molecule is CC.CC(C)(C)OC(N)=O.CC[C@H](CC[C@@H](O)CC(C(=O)NCC1(CO)CC1)C(C)C)CC1=CC(OCCCOC)=C(F)C=C=C1. The molecule has 2 amide bonds. The van der Waals surface area contributed by atoms with Gasteiger partial charge in [0.25, 0.3) is 0 Å². The molecular weight excluding hydrogens is 591 g/mol. The van der Waals surface area contributed by atoms with Crippen LogP contribution in [0.2, 0.25) is 0 Å². The number of methoxy groups -OCH3 is 1. The second-order valence-corrected chi connectivity index (χ2v) is 13.3. The molecule has 0 radical (unpaired) electrons. The van der Waals surface area contributed by atoms with Gasteiger partial charge in [0.05, 0.1) is 19.3 Å². The Morgan fingerprint density at radius 1 is 1.15 bits per heavy atom. The minimum absolute atomic E-state index is 0.0387. The van der Waals surface area contributed by atoms with Gasteiger partial charge in [0, 0.05) is 44.1 Å². The van der Waals surface area contributed by atoms with Gasteiger partial charge >= 0.3 is 6.09 Å². The molecule has 0 aromatic carbocycles. The van der Waals surface area contributed by atoms with E-state index in [2.05, 4.69) is 22.7 Å². The first kappa shape index (κ1) is 43.4. The summed E-state index contributed by atoms with van der Waals surface area (Å²) < 4.78 is 29.5. The van der Waals surface area contributed by atoms with Gasteiger partial charge in [0.2, 0.25) is 5.91 Å². The molecule has 0 spiro atoms. The number of allylic oxidation sites excluding steroid dienone is 4. The Labute approximate surface area is 277 Å². The number of amides is 2. The third kappa shape index (κ3) is 19.1. The van der Waals surface area contributed by atoms with Crippen LogP contribution < -0.4 is 11.1 Å². The van der Waals surface area contributed by atoms with Crippen LogP contribution in [-0.2, 0) is 19.0 Å². The van der Waals surface area contributed by atoms with Crippen LogP contribution in [0.4, 0.5) is 9.18 Å². The summed E-state index contributed by atoms with van der Waals surface area (Å²) in [5, 5.41) is 23.3. The molecule has 1 fully saturated rings. The van der Waals surface area contributed by atoms with Crippen LogP contribution in [0.1, 0.15) is 107 Å². The Bertz CT molecular complexity index is 1020. The van der Waals surface area contributed by atoms with Crippen LogP contribution in [-0.4, -0.2) is 67.4 Å². The maximum Gasteiger partial charge on any atom is 0.405 e. The number of aliphatic hydroxyl groups is 2. The molecule has 0 aromatic rings. The van der Waals surface area contributed by atoms with Gasteiger partial charge in [-0.25, -0.2) is 9.18 Å². The summed E-state index contributed by atoms with van der Waals surface area (Å²) >= 11 is 0. The standard InChI is InChI=1S/C29H46FNO5.C5H11NO2.C2H6/c1-5-22(16-23-8-6-9-26(30)27(17-23)36-15-7-14-35-4)10-11-24(33)18-25(21(2)3)28(34)31-19-29(20-32)12-13-29;1-5(2,3)8-4(6)7;1-2/h8-9,17,21-22,24-25,32-33H,5,7,10-16,18-20H2,1-4H3,(H,31,34);1-3H3,(H2,6,7);1-2H3/t22-,24-,25?;;/m1../s1. The number of carbonyl (C=O) groups excluding carboxylic acids is 2. The predicted octanol–water partition coefficient (Wildman–Crippen LogP) is 6.89. The highest BCUT2D eigenvalue weighted by Crippen LogP contribution is 2.44. The van der Waals surface area contributed by atoms with E-state index < -0.39 is 23.6 Å². The maximum atomic E-state index is 14.3. The number of hydrogen-bond acceptors (Lipinski definition) is 7. The number of primary amides is 1. The Morgan fingerprint density at radius 3 is 2.28 bits per heavy atom. The van der Waals surface area contributed by atoms with Crippen molar-refractivity contribution in [2.75, 3.05) is 33.5 Å². The molecule has 9 nitrogen and oxygen atoms in total. The summed E-state index contributed by atoms with van der Waals surface area (Å²) in [7, 11) is 1.62. The Morgan fingerprint density at radius 2 is 1.80 bits per heavy atom. The van der Waals surface area contributed by atoms with E-state index in [9.17, 15) is 24.2 Å². The normalized spacial score (nSPS) is 16.9. The van der Waals surface area contributed by atoms with Gasteiger partial charge in [-0.15, -0.1) is 5.73 Å². The molecule has 2 rings (SSSR count). The van der Waals surface area contributed by atoms with E-state index in [0.717, 1.165) is 37.7 Å². The summed E-state index contributed by atoms with van der Waals surface area (Å²) in [5.74, 6) is -0.0984. The van der Waals surface area contributed by atoms with Crippen LogP contribution in [0.3, 0.4) is 0 Å². The number of nitrogens with one attached hydrogen (secondary N) is 1. The Hall–Kier alpha value is -2.65. The molecule has 2 aliphatic carbocycles. The first-order valence-corrected chi connectivity index (χ1v) is 16.8. The first-order chi connectivity index (χ1) is 21.6. The number of rotatable bonds is 18. The van der Waals surface area contributed by atoms with Crippen LogP contribution in [0, 0.1) is 23.2 Å². The highest BCUT2D eigenvalue weighted by Gasteiger charge is 2.42. The molecule has 5 N–H and O–H groups in total. The molecule has 0 bridgehead atoms. The van der Waals surface area contributed by atoms with E-state index in [1.54, 1.807) is 40.0 Å². The van der Waals surface area contributed by atoms with Crippen molar-refractivity contribution in [2.24, 2.45) is 28.9 Å². The summed E-state index contributed by atoms with van der Waals surface area (Å²) in [6.45, 7) is 17.0. The van der Waals surface area contributed by atoms with Gasteiger partial charge in [0.15, 0.2) is 11.6 Å². The number of halogens is 1. The zero-order valence-electron chi connectivity index (χ0n) is 29.9. The molecular formula is C36H63FN2O7. The second kappa shape index (κ2) is 22.8. The summed E-state index contributed by atoms with van der Waals surface area (Å²) in [6.07, 6.45) is 9.61. The predicted molar refractivity (Wildman–Crippen MR) is 181 cm³/mol. The molecule has 3 atom stereocenters. The summed E-state index contributed by atoms with van der Waals surface area (Å²) in [5.41, 5.74) is 7.97. The van der Waals surface area contributed by atoms with Crippen LogP contribution in [0.15, 0.2) is 41.1 Å². The molecule has 0 aliphatic heterocycles. The fraction of sp³-hybridized carbons (Fsp3) is 0.750. The van der Waals surface area contributed by atoms with Gasteiger partial charge in [-0.2, -0.15) is 0 Å². The number of nitrogens with two attached hydrogens (primary N) is 1. The molecule has 0 saturated heterocycles. The van der Waals surface area contributed by atoms with Crippen molar-refractivity contribution in [1.29, 1.82) is 0 Å². The average Bonchev–Trinajstić information content (AvgIpc) is 3.80. The van der Waals surface area contributed by atoms with E-state index in [1.165, 1.54) is 6.08 Å². The third-order valence-corrected chi connectivity index (χ3v) is 7.80. The van der Waals surface area contributed by atoms with Gasteiger partial charge < -0.3 is 35.5 Å². The lowest BCUT2D eigenvalue weighted by atomic mass is 9.85. The summed E-state index contributed by atoms with van der Waals surface area (Å²) in [4.78, 5) is 22.8. The topological polar surface area (TPSA) is 140 Å². The lowest BCUT2D eigenvalue weighted by molar-refractivity contribution is -0.127. The number of ether oxygens (including phenoxy) is 3. The zero-order valence-corrected chi connectivity index (χ0v) is 29.9. The fourth-order valence-corrected chi connectivity index (χ4v) is 4.77. The van der Waals surface area contributed by atoms with Crippen LogP contribution in [0.5, 0.6) is 0 Å². The maximum absolute atomic E-state index is 14.3. The zero-order chi connectivity index (χ0) is 35.3. The molecule has 0 aromatic heterocycles. The van der Waals surface area contributed by atoms with E-state index in [4.69, 9.17) is 15.2 Å². The first-order valence-electron chi connectivity index (χ1n) is 16.8. The minimum atomic E-state index is -0.725. The number of carbonyl (C=O) groups is 2. The molecule has 266 valence electrons. The second-order valence-electron chi connectivity index (χ2n) is 13.3. The monoisotopic (exact) mass is 654 g/mol. The van der Waals surface area contributed by atoms with Crippen molar-refractivity contribution in [3.8, 4) is 0 Å². The smallest absolute Gasteiger partial charge is 0.405 e. The third-order valence-electron chi connectivity index (χ3n) is 7.80. The fourth-order valence-electron chi connectivity index (χ4n) is 4.77. The van der Waals surface area contributed by atoms with E-state index in [0.29, 0.717) is 44.9 Å². The average molecular weight is 655 g/mol. The van der Waals surface area contributed by atoms with Crippen molar-refractivity contribution < 1.29 is 38.4 Å². The summed E-state index contributed by atoms with van der Waals surface area (Å²) in [6, 6.07) is 0. The minimum Gasteiger partial charge on any atom is -0.490 e. The van der Waals surface area contributed by atoms with E-state index >= 15 is 0 Å². The lowest BCUT2D eigenvalue weighted by Crippen LogP contribution is -2.39. The van der Waals surface area contributed by atoms with Crippen molar-refractivity contribution in [3.63, 3.8) is 0 Å². The van der Waals surface area contributed by atoms with Crippen LogP contribution in [0.25, 0.3) is 0 Å². The highest BCUT2D eigenvalue weighted by atomic mass is 19.1. The Kier molecular flexibility index (Phi) is 21.5. The highest BCUT2D eigenvalue weighted by molar-refractivity contribution is 5.79. The molecule has 1 unspecified atom stereocenters. The lowest BCUT2D eigenvalue weighted by Gasteiger charge is -2.25. The van der Waals surface area contributed by atoms with E-state index in [1.807, 2.05) is 27.7 Å². The van der Waals surface area contributed by atoms with E-state index in [-0.39, 0.29) is 35.5 Å². The van der Waals surface area contributed by atoms with Crippen LogP contribution >= 0.6 is 0 Å². The van der Waals surface area contributed by atoms with Crippen molar-refractivity contribution in [2.45, 2.75) is 118 Å². The van der Waals surface area contributed by atoms with Crippen molar-refractivity contribution >= 4 is 12.0 Å². The number of aliphatic hydroxyl groups excluding tert-OH is 2. The molecule has 2 aliphatic rings. The molecule has 0 heterocycles. The molecule has 1 saturated carbocycles. The number of hydrogen-bond donors (Lipinski definition) is 4. The van der Waals surface area contributed by atoms with Gasteiger partial charge in [-0.3, -0.25) is 4.79 Å². The van der Waals surface area contributed by atoms with Crippen molar-refractivity contribution in [3.05, 3.63) is 41.1 Å². The van der Waals surface area contributed by atoms with Gasteiger partial charge in [0.1, 0.15) is 5.60 Å². The molecule has 46 heavy (non-hydrogen) atoms. The quantitative estimate of drug-likeness (QED) is 0.0932. The molecule has 10 heteroatoms. The Balaban J connectivity index is 0.00000176. The van der Waals surface area contributed by atoms with Gasteiger partial charge in [-0.05, 0) is 88.9 Å². The largest absolute Gasteiger partial charge is 0.490 e. The van der Waals surface area contributed by atoms with Crippen molar-refractivity contribution in [1.82, 2.24) is 5.32 Å². The van der Waals surface area contributed by atoms with Gasteiger partial charge in [-0.1, -0.05) is 41.0 Å².